The van der Waals surface area contributed by atoms with Gasteiger partial charge in [0.25, 0.3) is 0 Å². The predicted molar refractivity (Wildman–Crippen MR) is 88.8 cm³/mol. The van der Waals surface area contributed by atoms with Crippen LogP contribution in [0.5, 0.6) is 5.75 Å². The molecule has 2 aromatic carbocycles. The van der Waals surface area contributed by atoms with Crippen LogP contribution in [-0.2, 0) is 18.6 Å². The van der Waals surface area contributed by atoms with Crippen LogP contribution in [-0.4, -0.2) is 0 Å². The molecule has 2 N–H and O–H groups in total. The normalized spacial score (nSPS) is 11.5. The Hall–Kier alpha value is -1.51. The van der Waals surface area contributed by atoms with Gasteiger partial charge in [0, 0.05) is 17.1 Å². The van der Waals surface area contributed by atoms with Crippen molar-refractivity contribution in [1.29, 1.82) is 0 Å². The van der Waals surface area contributed by atoms with Gasteiger partial charge >= 0.3 is 0 Å². The van der Waals surface area contributed by atoms with Gasteiger partial charge in [-0.25, -0.2) is 0 Å². The zero-order valence-electron chi connectivity index (χ0n) is 12.8. The fourth-order valence-electron chi connectivity index (χ4n) is 2.05. The molecule has 0 aliphatic carbocycles. The molecule has 21 heavy (non-hydrogen) atoms. The molecule has 0 aliphatic rings. The Balaban J connectivity index is 2.10. The van der Waals surface area contributed by atoms with E-state index in [0.717, 1.165) is 16.9 Å². The highest BCUT2D eigenvalue weighted by atomic mass is 35.5. The van der Waals surface area contributed by atoms with Crippen molar-refractivity contribution >= 4 is 11.6 Å². The summed E-state index contributed by atoms with van der Waals surface area (Å²) in [6, 6.07) is 14.0. The number of benzene rings is 2. The van der Waals surface area contributed by atoms with Gasteiger partial charge in [-0.05, 0) is 34.7 Å². The minimum absolute atomic E-state index is 0.111. The monoisotopic (exact) mass is 303 g/mol. The molecule has 2 rings (SSSR count). The summed E-state index contributed by atoms with van der Waals surface area (Å²) in [5, 5.41) is 0.699. The fourth-order valence-corrected chi connectivity index (χ4v) is 2.31. The minimum Gasteiger partial charge on any atom is -0.489 e. The molecule has 2 nitrogen and oxygen atoms in total. The topological polar surface area (TPSA) is 35.2 Å². The number of halogens is 1. The largest absolute Gasteiger partial charge is 0.489 e. The van der Waals surface area contributed by atoms with Gasteiger partial charge in [0.2, 0.25) is 0 Å². The van der Waals surface area contributed by atoms with Crippen molar-refractivity contribution in [2.75, 3.05) is 0 Å². The first-order valence-electron chi connectivity index (χ1n) is 7.11. The number of rotatable bonds is 4. The maximum Gasteiger partial charge on any atom is 0.120 e. The van der Waals surface area contributed by atoms with Crippen LogP contribution in [0.1, 0.15) is 37.5 Å². The van der Waals surface area contributed by atoms with E-state index in [4.69, 9.17) is 22.1 Å². The summed E-state index contributed by atoms with van der Waals surface area (Å²) in [6.45, 7) is 7.52. The summed E-state index contributed by atoms with van der Waals surface area (Å²) in [5.41, 5.74) is 8.96. The van der Waals surface area contributed by atoms with Crippen molar-refractivity contribution in [3.05, 3.63) is 64.2 Å². The second-order valence-electron chi connectivity index (χ2n) is 6.20. The number of hydrogen-bond donors (Lipinski definition) is 1. The van der Waals surface area contributed by atoms with E-state index >= 15 is 0 Å². The standard InChI is InChI=1S/C18H22ClNO/c1-18(2,3)15-5-4-6-16(10-15)21-12-14-8-7-13(11-20)9-17(14)19/h4-10H,11-12,20H2,1-3H3. The summed E-state index contributed by atoms with van der Waals surface area (Å²) < 4.78 is 5.87. The number of ether oxygens (including phenoxy) is 1. The van der Waals surface area contributed by atoms with Crippen LogP contribution >= 0.6 is 11.6 Å². The van der Waals surface area contributed by atoms with Gasteiger partial charge in [-0.3, -0.25) is 0 Å². The fraction of sp³-hybridized carbons (Fsp3) is 0.333. The molecule has 2 aromatic rings. The summed E-state index contributed by atoms with van der Waals surface area (Å²) in [4.78, 5) is 0. The molecule has 0 spiro atoms. The third kappa shape index (κ3) is 4.23. The summed E-state index contributed by atoms with van der Waals surface area (Å²) in [5.74, 6) is 0.862. The predicted octanol–water partition coefficient (Wildman–Crippen LogP) is 4.68. The maximum atomic E-state index is 6.24. The molecular weight excluding hydrogens is 282 g/mol. The first-order chi connectivity index (χ1) is 9.90. The maximum absolute atomic E-state index is 6.24. The average Bonchev–Trinajstić information content (AvgIpc) is 2.45. The Kier molecular flexibility index (Phi) is 4.92. The van der Waals surface area contributed by atoms with Crippen molar-refractivity contribution in [1.82, 2.24) is 0 Å². The van der Waals surface area contributed by atoms with Gasteiger partial charge in [-0.15, -0.1) is 0 Å². The molecule has 0 heterocycles. The van der Waals surface area contributed by atoms with E-state index in [1.807, 2.05) is 30.3 Å². The molecule has 112 valence electrons. The lowest BCUT2D eigenvalue weighted by atomic mass is 9.87. The third-order valence-corrected chi connectivity index (χ3v) is 3.80. The highest BCUT2D eigenvalue weighted by Gasteiger charge is 2.14. The second-order valence-corrected chi connectivity index (χ2v) is 6.60. The Morgan fingerprint density at radius 3 is 2.48 bits per heavy atom. The van der Waals surface area contributed by atoms with E-state index in [0.29, 0.717) is 18.2 Å². The minimum atomic E-state index is 0.111. The Morgan fingerprint density at radius 2 is 1.86 bits per heavy atom. The van der Waals surface area contributed by atoms with Gasteiger partial charge in [0.15, 0.2) is 0 Å². The van der Waals surface area contributed by atoms with Crippen LogP contribution in [0.15, 0.2) is 42.5 Å². The van der Waals surface area contributed by atoms with E-state index in [9.17, 15) is 0 Å². The Labute approximate surface area is 131 Å². The van der Waals surface area contributed by atoms with Gasteiger partial charge in [-0.1, -0.05) is 56.6 Å². The Bertz CT molecular complexity index is 617. The molecular formula is C18H22ClNO. The molecule has 0 saturated carbocycles. The van der Waals surface area contributed by atoms with Crippen molar-refractivity contribution in [2.24, 2.45) is 5.73 Å². The van der Waals surface area contributed by atoms with Crippen molar-refractivity contribution in [2.45, 2.75) is 39.3 Å². The zero-order chi connectivity index (χ0) is 15.5. The van der Waals surface area contributed by atoms with Crippen molar-refractivity contribution < 1.29 is 4.74 Å². The van der Waals surface area contributed by atoms with Crippen LogP contribution < -0.4 is 10.5 Å². The second kappa shape index (κ2) is 6.50. The highest BCUT2D eigenvalue weighted by Crippen LogP contribution is 2.26. The SMILES string of the molecule is CC(C)(C)c1cccc(OCc2ccc(CN)cc2Cl)c1. The quantitative estimate of drug-likeness (QED) is 0.890. The molecule has 0 unspecified atom stereocenters. The molecule has 0 amide bonds. The van der Waals surface area contributed by atoms with Crippen LogP contribution in [0.25, 0.3) is 0 Å². The molecule has 0 bridgehead atoms. The van der Waals surface area contributed by atoms with Crippen molar-refractivity contribution in [3.63, 3.8) is 0 Å². The molecule has 0 radical (unpaired) electrons. The molecule has 0 atom stereocenters. The lowest BCUT2D eigenvalue weighted by Crippen LogP contribution is -2.11. The van der Waals surface area contributed by atoms with E-state index in [1.165, 1.54) is 5.56 Å². The molecule has 0 aliphatic heterocycles. The van der Waals surface area contributed by atoms with Crippen molar-refractivity contribution in [3.8, 4) is 5.75 Å². The van der Waals surface area contributed by atoms with E-state index < -0.39 is 0 Å². The van der Waals surface area contributed by atoms with Crippen LogP contribution in [0.2, 0.25) is 5.02 Å². The van der Waals surface area contributed by atoms with Gasteiger partial charge in [0.05, 0.1) is 0 Å². The molecule has 0 fully saturated rings. The van der Waals surface area contributed by atoms with Gasteiger partial charge in [-0.2, -0.15) is 0 Å². The highest BCUT2D eigenvalue weighted by molar-refractivity contribution is 6.31. The molecule has 3 heteroatoms. The van der Waals surface area contributed by atoms with Crippen LogP contribution in [0.4, 0.5) is 0 Å². The Morgan fingerprint density at radius 1 is 1.10 bits per heavy atom. The average molecular weight is 304 g/mol. The lowest BCUT2D eigenvalue weighted by Gasteiger charge is -2.20. The van der Waals surface area contributed by atoms with E-state index in [-0.39, 0.29) is 5.41 Å². The van der Waals surface area contributed by atoms with Gasteiger partial charge < -0.3 is 10.5 Å². The van der Waals surface area contributed by atoms with E-state index in [1.54, 1.807) is 0 Å². The van der Waals surface area contributed by atoms with E-state index in [2.05, 4.69) is 32.9 Å². The smallest absolute Gasteiger partial charge is 0.120 e. The lowest BCUT2D eigenvalue weighted by molar-refractivity contribution is 0.305. The summed E-state index contributed by atoms with van der Waals surface area (Å²) >= 11 is 6.24. The number of hydrogen-bond acceptors (Lipinski definition) is 2. The first kappa shape index (κ1) is 15.9. The molecule has 0 saturated heterocycles. The van der Waals surface area contributed by atoms with Crippen LogP contribution in [0.3, 0.4) is 0 Å². The zero-order valence-corrected chi connectivity index (χ0v) is 13.6. The molecule has 0 aromatic heterocycles. The summed E-state index contributed by atoms with van der Waals surface area (Å²) in [6.07, 6.45) is 0. The van der Waals surface area contributed by atoms with Crippen LogP contribution in [0, 0.1) is 0 Å². The first-order valence-corrected chi connectivity index (χ1v) is 7.48. The third-order valence-electron chi connectivity index (χ3n) is 3.45. The van der Waals surface area contributed by atoms with Gasteiger partial charge in [0.1, 0.15) is 12.4 Å². The number of nitrogens with two attached hydrogens (primary N) is 1. The summed E-state index contributed by atoms with van der Waals surface area (Å²) in [7, 11) is 0.